The van der Waals surface area contributed by atoms with E-state index in [-0.39, 0.29) is 6.03 Å². The van der Waals surface area contributed by atoms with Crippen molar-refractivity contribution in [2.24, 2.45) is 0 Å². The fraction of sp³-hybridized carbons (Fsp3) is 0.412. The van der Waals surface area contributed by atoms with Crippen molar-refractivity contribution in [3.05, 3.63) is 41.4 Å². The zero-order chi connectivity index (χ0) is 16.8. The Morgan fingerprint density at radius 1 is 1.33 bits per heavy atom. The van der Waals surface area contributed by atoms with Gasteiger partial charge >= 0.3 is 6.03 Å². The number of rotatable bonds is 5. The van der Waals surface area contributed by atoms with Crippen LogP contribution in [0, 0.1) is 0 Å². The van der Waals surface area contributed by atoms with Gasteiger partial charge in [-0.25, -0.2) is 9.78 Å². The second-order valence-corrected chi connectivity index (χ2v) is 6.50. The topological polar surface area (TPSA) is 57.7 Å². The molecule has 2 amide bonds. The predicted molar refractivity (Wildman–Crippen MR) is 96.0 cm³/mol. The van der Waals surface area contributed by atoms with Gasteiger partial charge in [0.2, 0.25) is 0 Å². The number of anilines is 1. The highest BCUT2D eigenvalue weighted by Crippen LogP contribution is 2.18. The van der Waals surface area contributed by atoms with E-state index in [2.05, 4.69) is 15.2 Å². The van der Waals surface area contributed by atoms with Crippen LogP contribution >= 0.6 is 11.3 Å². The minimum atomic E-state index is 0.0108. The molecule has 0 saturated carbocycles. The maximum Gasteiger partial charge on any atom is 0.317 e. The average molecular weight is 346 g/mol. The Balaban J connectivity index is 1.41. The molecule has 0 spiro atoms. The van der Waals surface area contributed by atoms with E-state index in [1.54, 1.807) is 18.4 Å². The van der Waals surface area contributed by atoms with Crippen LogP contribution < -0.4 is 15.0 Å². The number of nitrogens with zero attached hydrogens (tertiary/aromatic N) is 3. The van der Waals surface area contributed by atoms with E-state index >= 15 is 0 Å². The number of benzene rings is 1. The molecule has 0 unspecified atom stereocenters. The van der Waals surface area contributed by atoms with Crippen LogP contribution in [0.1, 0.15) is 5.56 Å². The number of urea groups is 1. The van der Waals surface area contributed by atoms with E-state index in [0.717, 1.165) is 49.0 Å². The first-order valence-electron chi connectivity index (χ1n) is 8.06. The molecular weight excluding hydrogens is 324 g/mol. The summed E-state index contributed by atoms with van der Waals surface area (Å²) in [6.07, 6.45) is 2.61. The molecule has 128 valence electrons. The lowest BCUT2D eigenvalue weighted by Crippen LogP contribution is -2.52. The van der Waals surface area contributed by atoms with Gasteiger partial charge in [-0.15, -0.1) is 11.3 Å². The molecule has 0 aliphatic carbocycles. The van der Waals surface area contributed by atoms with Crippen LogP contribution in [0.25, 0.3) is 0 Å². The molecule has 0 atom stereocenters. The molecule has 1 fully saturated rings. The second-order valence-electron chi connectivity index (χ2n) is 5.62. The van der Waals surface area contributed by atoms with Crippen LogP contribution in [0.3, 0.4) is 0 Å². The fourth-order valence-electron chi connectivity index (χ4n) is 2.73. The third-order valence-electron chi connectivity index (χ3n) is 4.08. The number of carbonyl (C=O) groups excluding carboxylic acids is 1. The van der Waals surface area contributed by atoms with Crippen LogP contribution in [0.2, 0.25) is 0 Å². The summed E-state index contributed by atoms with van der Waals surface area (Å²) in [6.45, 7) is 3.74. The van der Waals surface area contributed by atoms with Crippen LogP contribution in [0.15, 0.2) is 35.8 Å². The molecule has 1 saturated heterocycles. The lowest BCUT2D eigenvalue weighted by atomic mass is 10.1. The number of hydrogen-bond acceptors (Lipinski definition) is 5. The maximum atomic E-state index is 12.3. The molecular formula is C17H22N4O2S. The van der Waals surface area contributed by atoms with Gasteiger partial charge in [-0.1, -0.05) is 12.1 Å². The van der Waals surface area contributed by atoms with Crippen molar-refractivity contribution in [2.45, 2.75) is 6.42 Å². The first kappa shape index (κ1) is 16.6. The monoisotopic (exact) mass is 346 g/mol. The summed E-state index contributed by atoms with van der Waals surface area (Å²) in [6, 6.07) is 7.94. The van der Waals surface area contributed by atoms with Gasteiger partial charge in [0, 0.05) is 44.3 Å². The summed E-state index contributed by atoms with van der Waals surface area (Å²) in [5, 5.41) is 6.02. The van der Waals surface area contributed by atoms with Crippen molar-refractivity contribution >= 4 is 22.5 Å². The normalized spacial score (nSPS) is 14.5. The van der Waals surface area contributed by atoms with Gasteiger partial charge in [0.25, 0.3) is 0 Å². The summed E-state index contributed by atoms with van der Waals surface area (Å²) in [7, 11) is 1.66. The van der Waals surface area contributed by atoms with E-state index < -0.39 is 0 Å². The van der Waals surface area contributed by atoms with Crippen molar-refractivity contribution in [1.82, 2.24) is 15.2 Å². The molecule has 1 aliphatic rings. The van der Waals surface area contributed by atoms with E-state index in [4.69, 9.17) is 4.74 Å². The van der Waals surface area contributed by atoms with E-state index in [1.165, 1.54) is 0 Å². The zero-order valence-corrected chi connectivity index (χ0v) is 14.6. The minimum Gasteiger partial charge on any atom is -0.497 e. The quantitative estimate of drug-likeness (QED) is 0.902. The number of methoxy groups -OCH3 is 1. The third-order valence-corrected chi connectivity index (χ3v) is 4.91. The molecule has 3 rings (SSSR count). The SMILES string of the molecule is COc1cccc(CCNC(=O)N2CCN(c3nccs3)CC2)c1. The predicted octanol–water partition coefficient (Wildman–Crippen LogP) is 2.23. The summed E-state index contributed by atoms with van der Waals surface area (Å²) in [4.78, 5) is 20.7. The molecule has 1 aromatic carbocycles. The Kier molecular flexibility index (Phi) is 5.53. The van der Waals surface area contributed by atoms with Gasteiger partial charge in [-0.3, -0.25) is 0 Å². The van der Waals surface area contributed by atoms with E-state index in [0.29, 0.717) is 6.54 Å². The van der Waals surface area contributed by atoms with Crippen LogP contribution in [-0.2, 0) is 6.42 Å². The van der Waals surface area contributed by atoms with E-state index in [1.807, 2.05) is 40.7 Å². The average Bonchev–Trinajstić information content (AvgIpc) is 3.16. The number of aromatic nitrogens is 1. The molecule has 6 nitrogen and oxygen atoms in total. The fourth-order valence-corrected chi connectivity index (χ4v) is 3.42. The number of nitrogens with one attached hydrogen (secondary N) is 1. The van der Waals surface area contributed by atoms with Crippen LogP contribution in [0.5, 0.6) is 5.75 Å². The molecule has 0 radical (unpaired) electrons. The molecule has 24 heavy (non-hydrogen) atoms. The van der Waals surface area contributed by atoms with Crippen molar-refractivity contribution in [3.8, 4) is 5.75 Å². The Hall–Kier alpha value is -2.28. The Morgan fingerprint density at radius 2 is 2.17 bits per heavy atom. The number of ether oxygens (including phenoxy) is 1. The molecule has 7 heteroatoms. The first-order chi connectivity index (χ1) is 11.8. The van der Waals surface area contributed by atoms with Gasteiger partial charge in [-0.05, 0) is 24.1 Å². The number of piperazine rings is 1. The van der Waals surface area contributed by atoms with Crippen molar-refractivity contribution < 1.29 is 9.53 Å². The molecule has 2 heterocycles. The largest absolute Gasteiger partial charge is 0.497 e. The summed E-state index contributed by atoms with van der Waals surface area (Å²) >= 11 is 1.64. The van der Waals surface area contributed by atoms with Crippen LogP contribution in [0.4, 0.5) is 9.93 Å². The highest BCUT2D eigenvalue weighted by atomic mass is 32.1. The molecule has 0 bridgehead atoms. The number of hydrogen-bond donors (Lipinski definition) is 1. The summed E-state index contributed by atoms with van der Waals surface area (Å²) < 4.78 is 5.21. The van der Waals surface area contributed by atoms with Crippen molar-refractivity contribution in [2.75, 3.05) is 44.7 Å². The van der Waals surface area contributed by atoms with Crippen molar-refractivity contribution in [3.63, 3.8) is 0 Å². The van der Waals surface area contributed by atoms with E-state index in [9.17, 15) is 4.79 Å². The Labute approximate surface area is 146 Å². The number of carbonyl (C=O) groups is 1. The molecule has 2 aromatic rings. The smallest absolute Gasteiger partial charge is 0.317 e. The maximum absolute atomic E-state index is 12.3. The minimum absolute atomic E-state index is 0.0108. The van der Waals surface area contributed by atoms with Gasteiger partial charge in [0.05, 0.1) is 7.11 Å². The summed E-state index contributed by atoms with van der Waals surface area (Å²) in [5.41, 5.74) is 1.16. The first-order valence-corrected chi connectivity index (χ1v) is 8.94. The summed E-state index contributed by atoms with van der Waals surface area (Å²) in [5.74, 6) is 0.845. The van der Waals surface area contributed by atoms with Gasteiger partial charge in [0.15, 0.2) is 5.13 Å². The third kappa shape index (κ3) is 4.17. The number of amides is 2. The van der Waals surface area contributed by atoms with Crippen LogP contribution in [-0.4, -0.2) is 55.7 Å². The Morgan fingerprint density at radius 3 is 2.88 bits per heavy atom. The van der Waals surface area contributed by atoms with Gasteiger partial charge < -0.3 is 19.9 Å². The lowest BCUT2D eigenvalue weighted by molar-refractivity contribution is 0.194. The highest BCUT2D eigenvalue weighted by Gasteiger charge is 2.21. The lowest BCUT2D eigenvalue weighted by Gasteiger charge is -2.34. The highest BCUT2D eigenvalue weighted by molar-refractivity contribution is 7.13. The van der Waals surface area contributed by atoms with Crippen molar-refractivity contribution in [1.29, 1.82) is 0 Å². The molecule has 1 N–H and O–H groups in total. The zero-order valence-electron chi connectivity index (χ0n) is 13.8. The van der Waals surface area contributed by atoms with Gasteiger partial charge in [0.1, 0.15) is 5.75 Å². The number of thiazole rings is 1. The Bertz CT molecular complexity index is 654. The molecule has 1 aromatic heterocycles. The molecule has 1 aliphatic heterocycles. The standard InChI is InChI=1S/C17H22N4O2S/c1-23-15-4-2-3-14(13-15)5-6-18-16(22)20-8-10-21(11-9-20)17-19-7-12-24-17/h2-4,7,12-13H,5-6,8-11H2,1H3,(H,18,22). The van der Waals surface area contributed by atoms with Gasteiger partial charge in [-0.2, -0.15) is 0 Å². The second kappa shape index (κ2) is 8.01.